The first-order valence-corrected chi connectivity index (χ1v) is 7.18. The average Bonchev–Trinajstić information content (AvgIpc) is 3.09. The van der Waals surface area contributed by atoms with Crippen LogP contribution in [0.25, 0.3) is 21.1 Å². The molecule has 0 bridgehead atoms. The van der Waals surface area contributed by atoms with Crippen molar-refractivity contribution in [3.63, 3.8) is 0 Å². The molecule has 0 radical (unpaired) electrons. The number of carboxylic acids is 1. The summed E-state index contributed by atoms with van der Waals surface area (Å²) in [4.78, 5) is 20.3. The number of nitrogens with zero attached hydrogens (tertiary/aromatic N) is 2. The van der Waals surface area contributed by atoms with Crippen LogP contribution in [0.3, 0.4) is 0 Å². The first-order valence-electron chi connectivity index (χ1n) is 5.42. The number of hydrogen-bond acceptors (Lipinski definition) is 5. The van der Waals surface area contributed by atoms with Crippen molar-refractivity contribution in [1.82, 2.24) is 9.97 Å². The van der Waals surface area contributed by atoms with Crippen LogP contribution in [-0.4, -0.2) is 21.0 Å². The van der Waals surface area contributed by atoms with E-state index in [1.807, 2.05) is 17.5 Å². The Bertz CT molecular complexity index is 719. The van der Waals surface area contributed by atoms with E-state index in [-0.39, 0.29) is 0 Å². The molecule has 0 aliphatic heterocycles. The van der Waals surface area contributed by atoms with Crippen LogP contribution >= 0.6 is 22.7 Å². The van der Waals surface area contributed by atoms with Crippen molar-refractivity contribution in [1.29, 1.82) is 0 Å². The molecule has 3 rings (SSSR count). The third-order valence-corrected chi connectivity index (χ3v) is 4.36. The van der Waals surface area contributed by atoms with Gasteiger partial charge in [-0.15, -0.1) is 22.7 Å². The second-order valence-corrected chi connectivity index (χ2v) is 5.55. The second kappa shape index (κ2) is 4.91. The molecule has 0 atom stereocenters. The summed E-state index contributed by atoms with van der Waals surface area (Å²) in [5, 5.41) is 13.3. The van der Waals surface area contributed by atoms with E-state index >= 15 is 0 Å². The number of pyridine rings is 1. The summed E-state index contributed by atoms with van der Waals surface area (Å²) in [5.74, 6) is -0.912. The van der Waals surface area contributed by atoms with E-state index in [2.05, 4.69) is 9.97 Å². The lowest BCUT2D eigenvalue weighted by atomic mass is 10.3. The predicted molar refractivity (Wildman–Crippen MR) is 75.6 cm³/mol. The van der Waals surface area contributed by atoms with Crippen molar-refractivity contribution in [3.05, 3.63) is 46.9 Å². The number of thiazole rings is 1. The molecule has 0 spiro atoms. The van der Waals surface area contributed by atoms with Crippen molar-refractivity contribution in [3.8, 4) is 21.1 Å². The van der Waals surface area contributed by atoms with E-state index in [0.29, 0.717) is 5.56 Å². The highest BCUT2D eigenvalue weighted by atomic mass is 32.1. The van der Waals surface area contributed by atoms with Gasteiger partial charge >= 0.3 is 5.97 Å². The SMILES string of the molecule is O=C(O)c1csc(-c2csc(-c3cccnc3)n2)c1. The Morgan fingerprint density at radius 3 is 2.84 bits per heavy atom. The van der Waals surface area contributed by atoms with E-state index < -0.39 is 5.97 Å². The maximum Gasteiger partial charge on any atom is 0.336 e. The maximum atomic E-state index is 10.9. The van der Waals surface area contributed by atoms with Crippen molar-refractivity contribution < 1.29 is 9.90 Å². The molecular formula is C13H8N2O2S2. The Balaban J connectivity index is 1.94. The minimum atomic E-state index is -0.912. The molecule has 0 amide bonds. The van der Waals surface area contributed by atoms with Crippen LogP contribution < -0.4 is 0 Å². The number of hydrogen-bond donors (Lipinski definition) is 1. The lowest BCUT2D eigenvalue weighted by molar-refractivity contribution is 0.0697. The first kappa shape index (κ1) is 12.0. The van der Waals surface area contributed by atoms with Crippen LogP contribution in [0.5, 0.6) is 0 Å². The summed E-state index contributed by atoms with van der Waals surface area (Å²) in [6, 6.07) is 5.46. The van der Waals surface area contributed by atoms with Crippen LogP contribution in [0.1, 0.15) is 10.4 Å². The number of aromatic carboxylic acids is 1. The molecule has 19 heavy (non-hydrogen) atoms. The lowest BCUT2D eigenvalue weighted by Gasteiger charge is -1.93. The van der Waals surface area contributed by atoms with Crippen molar-refractivity contribution in [2.75, 3.05) is 0 Å². The molecule has 94 valence electrons. The van der Waals surface area contributed by atoms with Gasteiger partial charge in [-0.3, -0.25) is 4.98 Å². The zero-order valence-corrected chi connectivity index (χ0v) is 11.2. The molecule has 0 aromatic carbocycles. The van der Waals surface area contributed by atoms with Gasteiger partial charge in [0.1, 0.15) is 5.01 Å². The van der Waals surface area contributed by atoms with Crippen LogP contribution in [0, 0.1) is 0 Å². The third-order valence-electron chi connectivity index (χ3n) is 2.51. The molecule has 0 aliphatic carbocycles. The van der Waals surface area contributed by atoms with Gasteiger partial charge in [-0.25, -0.2) is 9.78 Å². The Morgan fingerprint density at radius 2 is 2.16 bits per heavy atom. The summed E-state index contributed by atoms with van der Waals surface area (Å²) >= 11 is 2.91. The standard InChI is InChI=1S/C13H8N2O2S2/c16-13(17)9-4-11(18-6-9)10-7-19-12(15-10)8-2-1-3-14-5-8/h1-7H,(H,16,17). The normalized spacial score (nSPS) is 10.5. The third kappa shape index (κ3) is 2.40. The average molecular weight is 288 g/mol. The summed E-state index contributed by atoms with van der Waals surface area (Å²) in [5.41, 5.74) is 2.08. The molecule has 0 saturated carbocycles. The van der Waals surface area contributed by atoms with Gasteiger partial charge in [0, 0.05) is 28.7 Å². The Kier molecular flexibility index (Phi) is 3.10. The monoisotopic (exact) mass is 288 g/mol. The van der Waals surface area contributed by atoms with Gasteiger partial charge in [0.15, 0.2) is 0 Å². The van der Waals surface area contributed by atoms with Gasteiger partial charge in [0.25, 0.3) is 0 Å². The number of carboxylic acid groups (broad SMARTS) is 1. The van der Waals surface area contributed by atoms with E-state index in [4.69, 9.17) is 5.11 Å². The van der Waals surface area contributed by atoms with Crippen molar-refractivity contribution in [2.45, 2.75) is 0 Å². The van der Waals surface area contributed by atoms with E-state index in [9.17, 15) is 4.79 Å². The van der Waals surface area contributed by atoms with Crippen LogP contribution in [0.4, 0.5) is 0 Å². The Morgan fingerprint density at radius 1 is 1.26 bits per heavy atom. The summed E-state index contributed by atoms with van der Waals surface area (Å²) in [7, 11) is 0. The molecule has 3 aromatic rings. The van der Waals surface area contributed by atoms with Crippen molar-refractivity contribution in [2.24, 2.45) is 0 Å². The van der Waals surface area contributed by atoms with Crippen molar-refractivity contribution >= 4 is 28.6 Å². The molecule has 4 nitrogen and oxygen atoms in total. The van der Waals surface area contributed by atoms with Gasteiger partial charge in [0.2, 0.25) is 0 Å². The highest BCUT2D eigenvalue weighted by Crippen LogP contribution is 2.31. The van der Waals surface area contributed by atoms with Gasteiger partial charge in [0.05, 0.1) is 16.1 Å². The maximum absolute atomic E-state index is 10.9. The lowest BCUT2D eigenvalue weighted by Crippen LogP contribution is -1.91. The highest BCUT2D eigenvalue weighted by molar-refractivity contribution is 7.15. The van der Waals surface area contributed by atoms with Crippen LogP contribution in [0.15, 0.2) is 41.4 Å². The fourth-order valence-corrected chi connectivity index (χ4v) is 3.32. The second-order valence-electron chi connectivity index (χ2n) is 3.78. The smallest absolute Gasteiger partial charge is 0.336 e. The van der Waals surface area contributed by atoms with Crippen LogP contribution in [-0.2, 0) is 0 Å². The summed E-state index contributed by atoms with van der Waals surface area (Å²) in [6.45, 7) is 0. The fraction of sp³-hybridized carbons (Fsp3) is 0. The van der Waals surface area contributed by atoms with E-state index in [1.54, 1.807) is 23.8 Å². The number of aromatic nitrogens is 2. The number of carbonyl (C=O) groups is 1. The Labute approximate surface area is 117 Å². The minimum Gasteiger partial charge on any atom is -0.478 e. The topological polar surface area (TPSA) is 63.1 Å². The predicted octanol–water partition coefficient (Wildman–Crippen LogP) is 3.63. The zero-order chi connectivity index (χ0) is 13.2. The molecule has 0 saturated heterocycles. The fourth-order valence-electron chi connectivity index (χ4n) is 1.59. The van der Waals surface area contributed by atoms with Gasteiger partial charge in [-0.1, -0.05) is 0 Å². The summed E-state index contributed by atoms with van der Waals surface area (Å²) < 4.78 is 0. The highest BCUT2D eigenvalue weighted by Gasteiger charge is 2.11. The van der Waals surface area contributed by atoms with E-state index in [1.165, 1.54) is 22.7 Å². The van der Waals surface area contributed by atoms with Crippen LogP contribution in [0.2, 0.25) is 0 Å². The molecule has 3 heterocycles. The van der Waals surface area contributed by atoms with Gasteiger partial charge in [-0.05, 0) is 18.2 Å². The first-order chi connectivity index (χ1) is 9.24. The largest absolute Gasteiger partial charge is 0.478 e. The Hall–Kier alpha value is -2.05. The molecule has 0 fully saturated rings. The molecule has 1 N–H and O–H groups in total. The zero-order valence-electron chi connectivity index (χ0n) is 9.61. The quantitative estimate of drug-likeness (QED) is 0.799. The van der Waals surface area contributed by atoms with Gasteiger partial charge < -0.3 is 5.11 Å². The molecule has 0 unspecified atom stereocenters. The molecule has 0 aliphatic rings. The minimum absolute atomic E-state index is 0.302. The summed E-state index contributed by atoms with van der Waals surface area (Å²) in [6.07, 6.45) is 3.48. The number of rotatable bonds is 3. The molecule has 3 aromatic heterocycles. The molecular weight excluding hydrogens is 280 g/mol. The van der Waals surface area contributed by atoms with Gasteiger partial charge in [-0.2, -0.15) is 0 Å². The molecule has 6 heteroatoms. The number of thiophene rings is 1. The van der Waals surface area contributed by atoms with E-state index in [0.717, 1.165) is 21.1 Å².